The van der Waals surface area contributed by atoms with E-state index >= 15 is 0 Å². The third-order valence-corrected chi connectivity index (χ3v) is 4.62. The quantitative estimate of drug-likeness (QED) is 0.621. The molecule has 4 nitrogen and oxygen atoms in total. The van der Waals surface area contributed by atoms with Crippen molar-refractivity contribution in [3.63, 3.8) is 0 Å². The number of sulfone groups is 1. The summed E-state index contributed by atoms with van der Waals surface area (Å²) < 4.78 is 23.7. The zero-order chi connectivity index (χ0) is 13.4. The van der Waals surface area contributed by atoms with Crippen molar-refractivity contribution in [3.8, 4) is 0 Å². The van der Waals surface area contributed by atoms with Gasteiger partial charge in [0.25, 0.3) is 0 Å². The number of rotatable bonds is 3. The van der Waals surface area contributed by atoms with Crippen LogP contribution in [0.15, 0.2) is 28.1 Å². The van der Waals surface area contributed by atoms with Crippen molar-refractivity contribution < 1.29 is 13.2 Å². The highest BCUT2D eigenvalue weighted by Crippen LogP contribution is 2.46. The van der Waals surface area contributed by atoms with Gasteiger partial charge in [0.1, 0.15) is 0 Å². The van der Waals surface area contributed by atoms with Crippen LogP contribution in [0, 0.1) is 6.92 Å². The summed E-state index contributed by atoms with van der Waals surface area (Å²) in [5.74, 6) is 0. The number of nitrogens with zero attached hydrogens (tertiary/aromatic N) is 1. The first-order valence-electron chi connectivity index (χ1n) is 5.79. The van der Waals surface area contributed by atoms with Crippen LogP contribution in [-0.4, -0.2) is 20.8 Å². The maximum absolute atomic E-state index is 11.9. The standard InChI is InChI=1S/C13H15NO3S/c1-10-4-5-11(12(8-10)18(2,16)17)13(14-9-15)6-3-7-13/h4-5,8H,3,6-7H2,1-2H3. The second-order valence-electron chi connectivity index (χ2n) is 4.86. The highest BCUT2D eigenvalue weighted by atomic mass is 32.2. The maximum atomic E-state index is 11.9. The van der Waals surface area contributed by atoms with Gasteiger partial charge in [0, 0.05) is 6.26 Å². The van der Waals surface area contributed by atoms with Gasteiger partial charge in [-0.1, -0.05) is 12.1 Å². The first-order valence-corrected chi connectivity index (χ1v) is 7.68. The highest BCUT2D eigenvalue weighted by molar-refractivity contribution is 7.90. The second-order valence-corrected chi connectivity index (χ2v) is 6.84. The van der Waals surface area contributed by atoms with Crippen LogP contribution in [-0.2, 0) is 20.2 Å². The van der Waals surface area contributed by atoms with Crippen molar-refractivity contribution in [3.05, 3.63) is 29.3 Å². The molecule has 18 heavy (non-hydrogen) atoms. The predicted octanol–water partition coefficient (Wildman–Crippen LogP) is 2.11. The molecule has 0 bridgehead atoms. The number of carbonyl (C=O) groups excluding carboxylic acids is 1. The molecule has 0 heterocycles. The van der Waals surface area contributed by atoms with E-state index in [1.54, 1.807) is 18.2 Å². The molecule has 0 unspecified atom stereocenters. The molecule has 0 radical (unpaired) electrons. The summed E-state index contributed by atoms with van der Waals surface area (Å²) in [5, 5.41) is 0. The first-order chi connectivity index (χ1) is 8.39. The van der Waals surface area contributed by atoms with E-state index in [1.807, 2.05) is 13.0 Å². The van der Waals surface area contributed by atoms with E-state index in [2.05, 4.69) is 4.99 Å². The summed E-state index contributed by atoms with van der Waals surface area (Å²) in [6, 6.07) is 5.27. The van der Waals surface area contributed by atoms with E-state index in [9.17, 15) is 13.2 Å². The maximum Gasteiger partial charge on any atom is 0.235 e. The van der Waals surface area contributed by atoms with Gasteiger partial charge in [-0.2, -0.15) is 4.99 Å². The van der Waals surface area contributed by atoms with Crippen molar-refractivity contribution >= 4 is 15.9 Å². The molecule has 0 aliphatic heterocycles. The Morgan fingerprint density at radius 1 is 1.33 bits per heavy atom. The Hall–Kier alpha value is -1.45. The molecular weight excluding hydrogens is 250 g/mol. The Morgan fingerprint density at radius 3 is 2.44 bits per heavy atom. The predicted molar refractivity (Wildman–Crippen MR) is 67.9 cm³/mol. The average molecular weight is 265 g/mol. The zero-order valence-electron chi connectivity index (χ0n) is 10.4. The number of aryl methyl sites for hydroxylation is 1. The van der Waals surface area contributed by atoms with Crippen LogP contribution >= 0.6 is 0 Å². The number of benzene rings is 1. The van der Waals surface area contributed by atoms with E-state index in [-0.39, 0.29) is 4.90 Å². The molecule has 0 amide bonds. The Bertz CT molecular complexity index is 624. The summed E-state index contributed by atoms with van der Waals surface area (Å²) in [7, 11) is -3.32. The number of aliphatic imine (C=N–C) groups is 1. The lowest BCUT2D eigenvalue weighted by atomic mass is 9.72. The van der Waals surface area contributed by atoms with Gasteiger partial charge in [-0.25, -0.2) is 13.2 Å². The van der Waals surface area contributed by atoms with Gasteiger partial charge in [-0.3, -0.25) is 0 Å². The van der Waals surface area contributed by atoms with Gasteiger partial charge < -0.3 is 0 Å². The Kier molecular flexibility index (Phi) is 3.13. The lowest BCUT2D eigenvalue weighted by molar-refractivity contribution is 0.251. The van der Waals surface area contributed by atoms with Crippen LogP contribution in [0.25, 0.3) is 0 Å². The molecule has 1 aromatic carbocycles. The van der Waals surface area contributed by atoms with Crippen molar-refractivity contribution in [1.29, 1.82) is 0 Å². The molecule has 0 spiro atoms. The summed E-state index contributed by atoms with van der Waals surface area (Å²) in [4.78, 5) is 14.7. The molecule has 1 saturated carbocycles. The van der Waals surface area contributed by atoms with Crippen LogP contribution in [0.5, 0.6) is 0 Å². The minimum atomic E-state index is -3.32. The monoisotopic (exact) mass is 265 g/mol. The molecule has 1 aliphatic rings. The molecular formula is C13H15NO3S. The molecule has 96 valence electrons. The molecule has 0 N–H and O–H groups in total. The van der Waals surface area contributed by atoms with Gasteiger partial charge in [0.2, 0.25) is 6.08 Å². The Morgan fingerprint density at radius 2 is 2.00 bits per heavy atom. The average Bonchev–Trinajstić information content (AvgIpc) is 2.22. The molecule has 0 aromatic heterocycles. The fraction of sp³-hybridized carbons (Fsp3) is 0.462. The number of hydrogen-bond donors (Lipinski definition) is 0. The Balaban J connectivity index is 2.68. The largest absolute Gasteiger partial charge is 0.235 e. The smallest absolute Gasteiger partial charge is 0.224 e. The second kappa shape index (κ2) is 4.34. The van der Waals surface area contributed by atoms with Crippen molar-refractivity contribution in [2.45, 2.75) is 36.6 Å². The zero-order valence-corrected chi connectivity index (χ0v) is 11.3. The molecule has 2 rings (SSSR count). The van der Waals surface area contributed by atoms with Gasteiger partial charge in [0.05, 0.1) is 10.4 Å². The van der Waals surface area contributed by atoms with Crippen LogP contribution < -0.4 is 0 Å². The molecule has 1 aromatic rings. The molecule has 0 atom stereocenters. The molecule has 0 saturated heterocycles. The van der Waals surface area contributed by atoms with Crippen molar-refractivity contribution in [1.82, 2.24) is 0 Å². The van der Waals surface area contributed by atoms with E-state index in [0.29, 0.717) is 18.4 Å². The third-order valence-electron chi connectivity index (χ3n) is 3.48. The summed E-state index contributed by atoms with van der Waals surface area (Å²) in [6.45, 7) is 1.84. The van der Waals surface area contributed by atoms with Crippen LogP contribution in [0.3, 0.4) is 0 Å². The fourth-order valence-electron chi connectivity index (χ4n) is 2.36. The summed E-state index contributed by atoms with van der Waals surface area (Å²) >= 11 is 0. The highest BCUT2D eigenvalue weighted by Gasteiger charge is 2.41. The first kappa shape index (κ1) is 13.0. The van der Waals surface area contributed by atoms with Crippen LogP contribution in [0.2, 0.25) is 0 Å². The number of isocyanates is 1. The van der Waals surface area contributed by atoms with Gasteiger partial charge in [-0.05, 0) is 43.4 Å². The summed E-state index contributed by atoms with van der Waals surface area (Å²) in [6.07, 6.45) is 5.12. The topological polar surface area (TPSA) is 63.6 Å². The minimum Gasteiger partial charge on any atom is -0.224 e. The molecule has 1 fully saturated rings. The SMILES string of the molecule is Cc1ccc(C2(N=C=O)CCC2)c(S(C)(=O)=O)c1. The fourth-order valence-corrected chi connectivity index (χ4v) is 3.42. The van der Waals surface area contributed by atoms with E-state index in [4.69, 9.17) is 0 Å². The summed E-state index contributed by atoms with van der Waals surface area (Å²) in [5.41, 5.74) is 0.836. The van der Waals surface area contributed by atoms with Gasteiger partial charge in [-0.15, -0.1) is 0 Å². The normalized spacial score (nSPS) is 17.7. The van der Waals surface area contributed by atoms with E-state index in [0.717, 1.165) is 12.0 Å². The van der Waals surface area contributed by atoms with Crippen LogP contribution in [0.4, 0.5) is 0 Å². The van der Waals surface area contributed by atoms with Gasteiger partial charge >= 0.3 is 0 Å². The molecule has 1 aliphatic carbocycles. The van der Waals surface area contributed by atoms with Crippen molar-refractivity contribution in [2.75, 3.05) is 6.26 Å². The van der Waals surface area contributed by atoms with E-state index in [1.165, 1.54) is 6.26 Å². The minimum absolute atomic E-state index is 0.279. The Labute approximate surface area is 107 Å². The lowest BCUT2D eigenvalue weighted by Gasteiger charge is -2.38. The third kappa shape index (κ3) is 2.11. The van der Waals surface area contributed by atoms with Gasteiger partial charge in [0.15, 0.2) is 9.84 Å². The van der Waals surface area contributed by atoms with Crippen molar-refractivity contribution in [2.24, 2.45) is 4.99 Å². The molecule has 5 heteroatoms. The number of hydrogen-bond acceptors (Lipinski definition) is 4. The van der Waals surface area contributed by atoms with E-state index < -0.39 is 15.4 Å². The lowest BCUT2D eigenvalue weighted by Crippen LogP contribution is -2.33. The van der Waals surface area contributed by atoms with Crippen LogP contribution in [0.1, 0.15) is 30.4 Å².